The molecule has 2 heterocycles. The number of hydrogen-bond donors (Lipinski definition) is 1. The van der Waals surface area contributed by atoms with Crippen LogP contribution < -0.4 is 4.74 Å². The molecule has 1 fully saturated rings. The second-order valence-corrected chi connectivity index (χ2v) is 10.5. The van der Waals surface area contributed by atoms with Gasteiger partial charge < -0.3 is 23.7 Å². The van der Waals surface area contributed by atoms with Crippen LogP contribution in [-0.4, -0.2) is 69.7 Å². The van der Waals surface area contributed by atoms with E-state index >= 15 is 0 Å². The summed E-state index contributed by atoms with van der Waals surface area (Å²) in [6, 6.07) is 8.22. The van der Waals surface area contributed by atoms with Gasteiger partial charge >= 0.3 is 23.9 Å². The van der Waals surface area contributed by atoms with E-state index < -0.39 is 52.9 Å². The zero-order valence-electron chi connectivity index (χ0n) is 22.8. The number of carbonyl (C=O) groups excluding carboxylic acids is 4. The Labute approximate surface area is 231 Å². The van der Waals surface area contributed by atoms with E-state index in [-0.39, 0.29) is 12.5 Å². The highest BCUT2D eigenvalue weighted by atomic mass is 32.2. The lowest BCUT2D eigenvalue weighted by Crippen LogP contribution is -2.59. The molecule has 1 aliphatic heterocycles. The molecule has 0 spiro atoms. The van der Waals surface area contributed by atoms with Crippen LogP contribution >= 0.6 is 11.8 Å². The first-order valence-electron chi connectivity index (χ1n) is 12.6. The molecule has 0 aliphatic carbocycles. The van der Waals surface area contributed by atoms with E-state index in [2.05, 4.69) is 29.3 Å². The van der Waals surface area contributed by atoms with Crippen LogP contribution in [0.2, 0.25) is 0 Å². The second kappa shape index (κ2) is 13.5. The minimum atomic E-state index is -1.23. The number of H-pyrrole nitrogens is 1. The van der Waals surface area contributed by atoms with Crippen LogP contribution in [0, 0.1) is 6.92 Å². The summed E-state index contributed by atoms with van der Waals surface area (Å²) in [6.07, 6.45) is -2.02. The Bertz CT molecular complexity index is 1180. The Hall–Kier alpha value is -3.54. The van der Waals surface area contributed by atoms with E-state index in [1.165, 1.54) is 33.3 Å². The van der Waals surface area contributed by atoms with Crippen molar-refractivity contribution in [3.05, 3.63) is 46.6 Å². The lowest BCUT2D eigenvalue weighted by Gasteiger charge is -2.43. The van der Waals surface area contributed by atoms with Gasteiger partial charge in [0, 0.05) is 45.4 Å². The topological polar surface area (TPSA) is 143 Å². The zero-order valence-corrected chi connectivity index (χ0v) is 23.7. The molecule has 1 aliphatic rings. The summed E-state index contributed by atoms with van der Waals surface area (Å²) in [5, 5.41) is 6.56. The number of esters is 4. The van der Waals surface area contributed by atoms with Crippen molar-refractivity contribution in [3.63, 3.8) is 0 Å². The maximum Gasteiger partial charge on any atom is 0.303 e. The molecule has 212 valence electrons. The number of aromatic amines is 1. The summed E-state index contributed by atoms with van der Waals surface area (Å²) >= 11 is 1.13. The molecule has 1 N–H and O–H groups in total. The van der Waals surface area contributed by atoms with Crippen LogP contribution in [-0.2, 0) is 51.0 Å². The highest BCUT2D eigenvalue weighted by molar-refractivity contribution is 8.00. The summed E-state index contributed by atoms with van der Waals surface area (Å²) in [4.78, 5) is 47.7. The fraction of sp³-hybridized carbons (Fsp3) is 0.519. The van der Waals surface area contributed by atoms with Crippen molar-refractivity contribution in [2.75, 3.05) is 6.61 Å². The summed E-state index contributed by atoms with van der Waals surface area (Å²) in [6.45, 7) is 8.64. The van der Waals surface area contributed by atoms with Crippen molar-refractivity contribution in [3.8, 4) is 5.88 Å². The number of nitrogens with zero attached hydrogens (tertiary/aromatic N) is 1. The van der Waals surface area contributed by atoms with E-state index in [9.17, 15) is 19.2 Å². The Balaban J connectivity index is 1.97. The molecule has 0 amide bonds. The third-order valence-corrected chi connectivity index (χ3v) is 7.41. The van der Waals surface area contributed by atoms with Gasteiger partial charge in [0.15, 0.2) is 23.7 Å². The van der Waals surface area contributed by atoms with E-state index in [1.54, 1.807) is 0 Å². The highest BCUT2D eigenvalue weighted by Gasteiger charge is 2.53. The summed E-state index contributed by atoms with van der Waals surface area (Å²) in [7, 11) is 0. The van der Waals surface area contributed by atoms with Crippen LogP contribution in [0.3, 0.4) is 0 Å². The van der Waals surface area contributed by atoms with Gasteiger partial charge in [0.2, 0.25) is 5.88 Å². The van der Waals surface area contributed by atoms with Crippen LogP contribution in [0.4, 0.5) is 0 Å². The van der Waals surface area contributed by atoms with Crippen LogP contribution in [0.25, 0.3) is 0 Å². The number of carbonyl (C=O) groups is 4. The number of hydrogen-bond acceptors (Lipinski definition) is 11. The number of benzene rings is 1. The van der Waals surface area contributed by atoms with Gasteiger partial charge in [0.05, 0.1) is 5.25 Å². The molecule has 0 bridgehead atoms. The van der Waals surface area contributed by atoms with Gasteiger partial charge in [-0.05, 0) is 24.5 Å². The Kier molecular flexibility index (Phi) is 10.4. The molecule has 1 aromatic heterocycles. The highest BCUT2D eigenvalue weighted by Crippen LogP contribution is 2.40. The molecule has 11 nitrogen and oxygen atoms in total. The molecular formula is C27H34N2O9S. The number of nitrogens with one attached hydrogen (secondary N) is 1. The van der Waals surface area contributed by atoms with Gasteiger partial charge in [-0.2, -0.15) is 0 Å². The molecular weight excluding hydrogens is 528 g/mol. The maximum atomic E-state index is 12.1. The van der Waals surface area contributed by atoms with E-state index in [0.29, 0.717) is 6.42 Å². The monoisotopic (exact) mass is 562 g/mol. The molecule has 0 saturated carbocycles. The Morgan fingerprint density at radius 3 is 1.97 bits per heavy atom. The molecule has 3 rings (SSSR count). The summed E-state index contributed by atoms with van der Waals surface area (Å²) in [5.41, 5.74) is 2.91. The molecule has 12 heteroatoms. The number of rotatable bonds is 10. The number of thioether (sulfide) groups is 1. The molecule has 5 atom stereocenters. The Morgan fingerprint density at radius 2 is 1.41 bits per heavy atom. The van der Waals surface area contributed by atoms with Gasteiger partial charge in [-0.3, -0.25) is 24.3 Å². The van der Waals surface area contributed by atoms with E-state index in [0.717, 1.165) is 35.0 Å². The largest absolute Gasteiger partial charge is 0.465 e. The van der Waals surface area contributed by atoms with Crippen molar-refractivity contribution in [2.24, 2.45) is 0 Å². The number of aryl methyl sites for hydroxylation is 2. The minimum Gasteiger partial charge on any atom is -0.465 e. The van der Waals surface area contributed by atoms with E-state index in [4.69, 9.17) is 23.7 Å². The third-order valence-electron chi connectivity index (χ3n) is 6.02. The second-order valence-electron chi connectivity index (χ2n) is 9.16. The predicted molar refractivity (Wildman–Crippen MR) is 141 cm³/mol. The summed E-state index contributed by atoms with van der Waals surface area (Å²) < 4.78 is 28.1. The van der Waals surface area contributed by atoms with Crippen LogP contribution in [0.1, 0.15) is 57.0 Å². The number of ether oxygens (including phenoxy) is 5. The predicted octanol–water partition coefficient (Wildman–Crippen LogP) is 3.05. The maximum absolute atomic E-state index is 12.1. The quantitative estimate of drug-likeness (QED) is 0.337. The SMILES string of the molecule is CCc1ccc(Cc2c(OC3S[C@H](COC(C)=O)C(OC(C)=O)C(OC(C)=O)C3OC(C)=O)n[nH]c2C)cc1. The number of aromatic nitrogens is 2. The smallest absolute Gasteiger partial charge is 0.303 e. The fourth-order valence-corrected chi connectivity index (χ4v) is 5.59. The van der Waals surface area contributed by atoms with Crippen molar-refractivity contribution < 1.29 is 42.9 Å². The molecule has 4 unspecified atom stereocenters. The van der Waals surface area contributed by atoms with Crippen molar-refractivity contribution in [1.82, 2.24) is 10.2 Å². The van der Waals surface area contributed by atoms with Gasteiger partial charge in [-0.15, -0.1) is 16.9 Å². The van der Waals surface area contributed by atoms with Gasteiger partial charge in [-0.25, -0.2) is 0 Å². The molecule has 2 aromatic rings. The standard InChI is InChI=1S/C27H34N2O9S/c1-7-19-8-10-20(11-9-19)12-21-14(2)28-29-26(21)38-27-25(37-18(6)33)24(36-17(5)32)23(35-16(4)31)22(39-27)13-34-15(3)30/h8-11,22-25,27H,7,12-13H2,1-6H3,(H,28,29)/t22-,23?,24?,25?,27?/m1/s1. The average molecular weight is 563 g/mol. The van der Waals surface area contributed by atoms with E-state index in [1.807, 2.05) is 19.1 Å². The first kappa shape index (κ1) is 30.0. The molecule has 0 radical (unpaired) electrons. The van der Waals surface area contributed by atoms with Crippen molar-refractivity contribution in [2.45, 2.75) is 83.4 Å². The third kappa shape index (κ3) is 8.22. The van der Waals surface area contributed by atoms with Gasteiger partial charge in [0.25, 0.3) is 0 Å². The van der Waals surface area contributed by atoms with Crippen LogP contribution in [0.15, 0.2) is 24.3 Å². The van der Waals surface area contributed by atoms with Crippen molar-refractivity contribution >= 4 is 35.6 Å². The normalized spacial score (nSPS) is 22.5. The Morgan fingerprint density at radius 1 is 0.846 bits per heavy atom. The molecule has 39 heavy (non-hydrogen) atoms. The fourth-order valence-electron chi connectivity index (χ4n) is 4.23. The lowest BCUT2D eigenvalue weighted by molar-refractivity contribution is -0.190. The summed E-state index contributed by atoms with van der Waals surface area (Å²) in [5.74, 6) is -2.25. The molecule has 1 saturated heterocycles. The first-order chi connectivity index (χ1) is 18.5. The minimum absolute atomic E-state index is 0.168. The van der Waals surface area contributed by atoms with Crippen LogP contribution in [0.5, 0.6) is 5.88 Å². The lowest BCUT2D eigenvalue weighted by atomic mass is 10.0. The zero-order chi connectivity index (χ0) is 28.7. The van der Waals surface area contributed by atoms with Crippen molar-refractivity contribution in [1.29, 1.82) is 0 Å². The molecule has 1 aromatic carbocycles. The van der Waals surface area contributed by atoms with Gasteiger partial charge in [0.1, 0.15) is 6.61 Å². The first-order valence-corrected chi connectivity index (χ1v) is 13.5. The van der Waals surface area contributed by atoms with Gasteiger partial charge in [-0.1, -0.05) is 31.2 Å². The average Bonchev–Trinajstić information content (AvgIpc) is 3.19.